The van der Waals surface area contributed by atoms with Gasteiger partial charge in [0.15, 0.2) is 0 Å². The van der Waals surface area contributed by atoms with Gasteiger partial charge < -0.3 is 10.2 Å². The first-order chi connectivity index (χ1) is 8.22. The Morgan fingerprint density at radius 2 is 2.24 bits per heavy atom. The molecular weight excluding hydrogens is 236 g/mol. The molecule has 0 saturated heterocycles. The Balaban J connectivity index is 2.12. The smallest absolute Gasteiger partial charge is 0.227 e. The molecule has 0 aliphatic carbocycles. The minimum atomic E-state index is 0.203. The van der Waals surface area contributed by atoms with Crippen LogP contribution < -0.4 is 10.2 Å². The number of halogens is 1. The van der Waals surface area contributed by atoms with Gasteiger partial charge in [0, 0.05) is 25.7 Å². The minimum absolute atomic E-state index is 0.203. The molecule has 0 radical (unpaired) electrons. The van der Waals surface area contributed by atoms with Gasteiger partial charge in [0.1, 0.15) is 0 Å². The van der Waals surface area contributed by atoms with Crippen LogP contribution in [0.15, 0.2) is 18.2 Å². The second-order valence-corrected chi connectivity index (χ2v) is 4.57. The fraction of sp³-hybridized carbons (Fsp3) is 0.462. The zero-order chi connectivity index (χ0) is 12.3. The van der Waals surface area contributed by atoms with Crippen LogP contribution in [0.4, 0.5) is 5.69 Å². The van der Waals surface area contributed by atoms with Crippen LogP contribution in [0.25, 0.3) is 0 Å². The molecule has 1 amide bonds. The van der Waals surface area contributed by atoms with E-state index in [2.05, 4.69) is 17.4 Å². The molecule has 1 aliphatic heterocycles. The van der Waals surface area contributed by atoms with E-state index >= 15 is 0 Å². The third-order valence-electron chi connectivity index (χ3n) is 3.17. The molecular formula is C13H17ClN2O. The maximum absolute atomic E-state index is 11.6. The summed E-state index contributed by atoms with van der Waals surface area (Å²) < 4.78 is 0. The van der Waals surface area contributed by atoms with Gasteiger partial charge in [0.05, 0.1) is 6.00 Å². The topological polar surface area (TPSA) is 32.3 Å². The fourth-order valence-electron chi connectivity index (χ4n) is 2.17. The average molecular weight is 253 g/mol. The second kappa shape index (κ2) is 5.52. The van der Waals surface area contributed by atoms with Crippen molar-refractivity contribution in [2.24, 2.45) is 0 Å². The number of carbonyl (C=O) groups excluding carboxylic acids is 1. The Morgan fingerprint density at radius 1 is 1.41 bits per heavy atom. The molecule has 1 aliphatic rings. The number of nitrogens with one attached hydrogen (secondary N) is 1. The highest BCUT2D eigenvalue weighted by Crippen LogP contribution is 2.27. The van der Waals surface area contributed by atoms with Crippen LogP contribution in [-0.2, 0) is 17.6 Å². The number of carbonyl (C=O) groups is 1. The number of benzene rings is 1. The molecule has 92 valence electrons. The summed E-state index contributed by atoms with van der Waals surface area (Å²) in [6, 6.07) is 6.82. The van der Waals surface area contributed by atoms with Crippen LogP contribution in [0.5, 0.6) is 0 Å². The van der Waals surface area contributed by atoms with Crippen LogP contribution in [0, 0.1) is 0 Å². The van der Waals surface area contributed by atoms with Crippen LogP contribution in [0.2, 0.25) is 0 Å². The lowest BCUT2D eigenvalue weighted by Gasteiger charge is -2.26. The monoisotopic (exact) mass is 252 g/mol. The Morgan fingerprint density at radius 3 is 3.00 bits per heavy atom. The molecule has 0 atom stereocenters. The van der Waals surface area contributed by atoms with Crippen LogP contribution in [-0.4, -0.2) is 25.5 Å². The summed E-state index contributed by atoms with van der Waals surface area (Å²) >= 11 is 5.56. The first-order valence-corrected chi connectivity index (χ1v) is 6.41. The molecule has 0 spiro atoms. The van der Waals surface area contributed by atoms with Gasteiger partial charge in [-0.2, -0.15) is 0 Å². The molecule has 1 aromatic rings. The Kier molecular flexibility index (Phi) is 4.02. The first-order valence-electron chi connectivity index (χ1n) is 5.87. The Labute approximate surface area is 107 Å². The average Bonchev–Trinajstić information content (AvgIpc) is 2.34. The molecule has 0 fully saturated rings. The quantitative estimate of drug-likeness (QED) is 0.505. The maximum atomic E-state index is 11.6. The van der Waals surface area contributed by atoms with Crippen molar-refractivity contribution < 1.29 is 4.79 Å². The van der Waals surface area contributed by atoms with E-state index < -0.39 is 0 Å². The van der Waals surface area contributed by atoms with Gasteiger partial charge in [0.25, 0.3) is 0 Å². The summed E-state index contributed by atoms with van der Waals surface area (Å²) in [5.74, 6) is 0.203. The van der Waals surface area contributed by atoms with E-state index in [1.54, 1.807) is 4.90 Å². The van der Waals surface area contributed by atoms with E-state index in [9.17, 15) is 4.79 Å². The van der Waals surface area contributed by atoms with Gasteiger partial charge in [-0.3, -0.25) is 4.79 Å². The van der Waals surface area contributed by atoms with Crippen LogP contribution >= 0.6 is 11.6 Å². The standard InChI is InChI=1S/C13H17ClN2O/c1-16-12-4-2-10(6-7-15-9-14)8-11(12)3-5-13(16)17/h2,4,8,15H,3,5-7,9H2,1H3. The van der Waals surface area contributed by atoms with Gasteiger partial charge in [-0.25, -0.2) is 0 Å². The predicted molar refractivity (Wildman–Crippen MR) is 70.6 cm³/mol. The van der Waals surface area contributed by atoms with Crippen molar-refractivity contribution in [2.45, 2.75) is 19.3 Å². The zero-order valence-electron chi connectivity index (χ0n) is 10.0. The molecule has 3 nitrogen and oxygen atoms in total. The van der Waals surface area contributed by atoms with Gasteiger partial charge in [-0.15, -0.1) is 11.6 Å². The zero-order valence-corrected chi connectivity index (χ0v) is 10.8. The first kappa shape index (κ1) is 12.4. The number of anilines is 1. The number of rotatable bonds is 4. The lowest BCUT2D eigenvalue weighted by Crippen LogP contribution is -2.31. The lowest BCUT2D eigenvalue weighted by molar-refractivity contribution is -0.118. The van der Waals surface area contributed by atoms with E-state index in [1.807, 2.05) is 13.1 Å². The molecule has 1 N–H and O–H groups in total. The summed E-state index contributed by atoms with van der Waals surface area (Å²) in [6.07, 6.45) is 2.44. The number of fused-ring (bicyclic) bond motifs is 1. The SMILES string of the molecule is CN1C(=O)CCc2cc(CCNCCl)ccc21. The van der Waals surface area contributed by atoms with E-state index in [-0.39, 0.29) is 5.91 Å². The summed E-state index contributed by atoms with van der Waals surface area (Å²) in [6.45, 7) is 0.886. The second-order valence-electron chi connectivity index (χ2n) is 4.30. The third-order valence-corrected chi connectivity index (χ3v) is 3.36. The predicted octanol–water partition coefficient (Wildman–Crippen LogP) is 1.92. The number of hydrogen-bond acceptors (Lipinski definition) is 2. The highest BCUT2D eigenvalue weighted by atomic mass is 35.5. The van der Waals surface area contributed by atoms with E-state index in [4.69, 9.17) is 11.6 Å². The van der Waals surface area contributed by atoms with Crippen molar-refractivity contribution >= 4 is 23.2 Å². The van der Waals surface area contributed by atoms with E-state index in [0.29, 0.717) is 12.4 Å². The van der Waals surface area contributed by atoms with Crippen molar-refractivity contribution in [3.05, 3.63) is 29.3 Å². The van der Waals surface area contributed by atoms with Crippen molar-refractivity contribution in [3.8, 4) is 0 Å². The van der Waals surface area contributed by atoms with Gasteiger partial charge in [-0.1, -0.05) is 12.1 Å². The Bertz CT molecular complexity index is 420. The van der Waals surface area contributed by atoms with E-state index in [0.717, 1.165) is 25.1 Å². The molecule has 4 heteroatoms. The normalized spacial score (nSPS) is 14.9. The number of hydrogen-bond donors (Lipinski definition) is 1. The van der Waals surface area contributed by atoms with Gasteiger partial charge in [-0.05, 0) is 30.0 Å². The molecule has 0 aromatic heterocycles. The lowest BCUT2D eigenvalue weighted by atomic mass is 9.98. The number of nitrogens with zero attached hydrogens (tertiary/aromatic N) is 1. The molecule has 0 saturated carbocycles. The van der Waals surface area contributed by atoms with Crippen LogP contribution in [0.1, 0.15) is 17.5 Å². The third kappa shape index (κ3) is 2.79. The maximum Gasteiger partial charge on any atom is 0.227 e. The number of amides is 1. The van der Waals surface area contributed by atoms with Crippen molar-refractivity contribution in [1.82, 2.24) is 5.32 Å². The van der Waals surface area contributed by atoms with E-state index in [1.165, 1.54) is 11.1 Å². The summed E-state index contributed by atoms with van der Waals surface area (Å²) in [5.41, 5.74) is 3.62. The Hall–Kier alpha value is -1.06. The van der Waals surface area contributed by atoms with Crippen molar-refractivity contribution in [3.63, 3.8) is 0 Å². The summed E-state index contributed by atoms with van der Waals surface area (Å²) in [4.78, 5) is 13.3. The molecule has 2 rings (SSSR count). The molecule has 0 unspecified atom stereocenters. The minimum Gasteiger partial charge on any atom is -0.315 e. The summed E-state index contributed by atoms with van der Waals surface area (Å²) in [5, 5.41) is 3.09. The largest absolute Gasteiger partial charge is 0.315 e. The molecule has 1 aromatic carbocycles. The van der Waals surface area contributed by atoms with Crippen LogP contribution in [0.3, 0.4) is 0 Å². The highest BCUT2D eigenvalue weighted by Gasteiger charge is 2.20. The number of aryl methyl sites for hydroxylation is 1. The van der Waals surface area contributed by atoms with Gasteiger partial charge in [0.2, 0.25) is 5.91 Å². The highest BCUT2D eigenvalue weighted by molar-refractivity contribution is 6.17. The summed E-state index contributed by atoms with van der Waals surface area (Å²) in [7, 11) is 1.84. The van der Waals surface area contributed by atoms with Gasteiger partial charge >= 0.3 is 0 Å². The molecule has 1 heterocycles. The molecule has 17 heavy (non-hydrogen) atoms. The molecule has 0 bridgehead atoms. The number of alkyl halides is 1. The van der Waals surface area contributed by atoms with Crippen molar-refractivity contribution in [1.29, 1.82) is 0 Å². The fourth-order valence-corrected chi connectivity index (χ4v) is 2.30. The van der Waals surface area contributed by atoms with Crippen molar-refractivity contribution in [2.75, 3.05) is 24.5 Å².